The molecule has 3 aromatic rings. The molecule has 0 bridgehead atoms. The number of carbonyl (C=O) groups excluding carboxylic acids is 1. The van der Waals surface area contributed by atoms with Gasteiger partial charge in [0.25, 0.3) is 5.91 Å². The van der Waals surface area contributed by atoms with E-state index >= 15 is 0 Å². The number of aryl methyl sites for hydroxylation is 1. The highest BCUT2D eigenvalue weighted by atomic mass is 32.2. The summed E-state index contributed by atoms with van der Waals surface area (Å²) in [7, 11) is 2.00. The van der Waals surface area contributed by atoms with Gasteiger partial charge in [-0.3, -0.25) is 9.69 Å². The summed E-state index contributed by atoms with van der Waals surface area (Å²) >= 11 is 1.47. The Kier molecular flexibility index (Phi) is 8.76. The highest BCUT2D eigenvalue weighted by Crippen LogP contribution is 2.37. The number of hydrogen-bond acceptors (Lipinski definition) is 7. The van der Waals surface area contributed by atoms with E-state index in [4.69, 9.17) is 9.72 Å². The van der Waals surface area contributed by atoms with Crippen LogP contribution in [0.5, 0.6) is 5.75 Å². The van der Waals surface area contributed by atoms with Crippen LogP contribution in [-0.2, 0) is 10.0 Å². The summed E-state index contributed by atoms with van der Waals surface area (Å²) in [5, 5.41) is 0.601. The van der Waals surface area contributed by atoms with Crippen LogP contribution in [0.15, 0.2) is 41.3 Å². The van der Waals surface area contributed by atoms with Gasteiger partial charge in [-0.05, 0) is 88.1 Å². The predicted molar refractivity (Wildman–Crippen MR) is 154 cm³/mol. The minimum absolute atomic E-state index is 0.205. The summed E-state index contributed by atoms with van der Waals surface area (Å²) in [6.07, 6.45) is 1.79. The second-order valence-corrected chi connectivity index (χ2v) is 13.6. The van der Waals surface area contributed by atoms with Crippen molar-refractivity contribution in [3.63, 3.8) is 0 Å². The van der Waals surface area contributed by atoms with Gasteiger partial charge in [0.1, 0.15) is 11.3 Å². The molecule has 0 radical (unpaired) electrons. The van der Waals surface area contributed by atoms with E-state index in [0.717, 1.165) is 35.2 Å². The number of sulfonamides is 1. The van der Waals surface area contributed by atoms with Crippen molar-refractivity contribution in [1.29, 1.82) is 0 Å². The summed E-state index contributed by atoms with van der Waals surface area (Å²) in [5.41, 5.74) is 2.24. The van der Waals surface area contributed by atoms with Crippen molar-refractivity contribution in [1.82, 2.24) is 14.2 Å². The number of aromatic nitrogens is 1. The average Bonchev–Trinajstić information content (AvgIpc) is 3.32. The van der Waals surface area contributed by atoms with Crippen LogP contribution in [0.25, 0.3) is 10.2 Å². The van der Waals surface area contributed by atoms with Gasteiger partial charge in [0.05, 0.1) is 16.7 Å². The first-order valence-corrected chi connectivity index (χ1v) is 15.3. The topological polar surface area (TPSA) is 83.0 Å². The van der Waals surface area contributed by atoms with Gasteiger partial charge < -0.3 is 9.64 Å². The number of methoxy groups -OCH3 is 1. The standard InChI is InChI=1S/C28H38N4O4S2/c1-19-16-20(2)18-31(17-19)38(34,35)23-11-9-22(10-12-23)27(33)32(15-7-14-30(4)5)28-29-25-24(36-6)13-8-21(3)26(25)37-28/h8-13,19-20H,7,14-18H2,1-6H3. The number of hydrogen-bond donors (Lipinski definition) is 0. The number of ether oxygens (including phenoxy) is 1. The maximum Gasteiger partial charge on any atom is 0.260 e. The van der Waals surface area contributed by atoms with Gasteiger partial charge in [-0.1, -0.05) is 31.3 Å². The third kappa shape index (κ3) is 6.03. The van der Waals surface area contributed by atoms with Gasteiger partial charge in [-0.25, -0.2) is 13.4 Å². The van der Waals surface area contributed by atoms with E-state index < -0.39 is 10.0 Å². The van der Waals surface area contributed by atoms with Crippen molar-refractivity contribution in [3.05, 3.63) is 47.5 Å². The third-order valence-corrected chi connectivity index (χ3v) is 10.0. The molecule has 0 N–H and O–H groups in total. The van der Waals surface area contributed by atoms with Crippen LogP contribution in [0.4, 0.5) is 5.13 Å². The molecule has 4 rings (SSSR count). The van der Waals surface area contributed by atoms with Gasteiger partial charge in [-0.15, -0.1) is 0 Å². The fraction of sp³-hybridized carbons (Fsp3) is 0.500. The number of carbonyl (C=O) groups is 1. The second-order valence-electron chi connectivity index (χ2n) is 10.7. The molecule has 10 heteroatoms. The van der Waals surface area contributed by atoms with Gasteiger partial charge >= 0.3 is 0 Å². The van der Waals surface area contributed by atoms with E-state index in [1.165, 1.54) is 11.3 Å². The fourth-order valence-electron chi connectivity index (χ4n) is 5.08. The zero-order chi connectivity index (χ0) is 27.6. The Labute approximate surface area is 230 Å². The first kappa shape index (κ1) is 28.5. The largest absolute Gasteiger partial charge is 0.494 e. The normalized spacial score (nSPS) is 18.7. The second kappa shape index (κ2) is 11.7. The zero-order valence-electron chi connectivity index (χ0n) is 23.1. The van der Waals surface area contributed by atoms with E-state index in [0.29, 0.717) is 47.9 Å². The Hall–Kier alpha value is -2.53. The van der Waals surface area contributed by atoms with Gasteiger partial charge in [-0.2, -0.15) is 4.31 Å². The lowest BCUT2D eigenvalue weighted by molar-refractivity contribution is 0.0986. The van der Waals surface area contributed by atoms with Crippen molar-refractivity contribution in [2.45, 2.75) is 38.5 Å². The molecule has 8 nitrogen and oxygen atoms in total. The quantitative estimate of drug-likeness (QED) is 0.372. The van der Waals surface area contributed by atoms with Crippen LogP contribution in [-0.4, -0.2) is 75.9 Å². The molecule has 206 valence electrons. The van der Waals surface area contributed by atoms with Crippen molar-refractivity contribution < 1.29 is 17.9 Å². The number of benzene rings is 2. The van der Waals surface area contributed by atoms with Crippen LogP contribution >= 0.6 is 11.3 Å². The van der Waals surface area contributed by atoms with Crippen molar-refractivity contribution in [3.8, 4) is 5.75 Å². The molecule has 0 aliphatic carbocycles. The molecular weight excluding hydrogens is 520 g/mol. The van der Waals surface area contributed by atoms with E-state index in [-0.39, 0.29) is 10.8 Å². The summed E-state index contributed by atoms with van der Waals surface area (Å²) in [5.74, 6) is 1.11. The van der Waals surface area contributed by atoms with Gasteiger partial charge in [0.15, 0.2) is 5.13 Å². The molecule has 0 saturated carbocycles. The minimum atomic E-state index is -3.62. The molecule has 1 amide bonds. The SMILES string of the molecule is COc1ccc(C)c2sc(N(CCCN(C)C)C(=O)c3ccc(S(=O)(=O)N4CC(C)CC(C)C4)cc3)nc12. The number of amides is 1. The lowest BCUT2D eigenvalue weighted by Gasteiger charge is -2.34. The molecule has 1 saturated heterocycles. The summed E-state index contributed by atoms with van der Waals surface area (Å²) in [6, 6.07) is 10.2. The monoisotopic (exact) mass is 558 g/mol. The summed E-state index contributed by atoms with van der Waals surface area (Å²) in [4.78, 5) is 22.6. The molecule has 2 heterocycles. The van der Waals surface area contributed by atoms with Crippen molar-refractivity contribution in [2.24, 2.45) is 11.8 Å². The lowest BCUT2D eigenvalue weighted by Crippen LogP contribution is -2.42. The first-order valence-electron chi connectivity index (χ1n) is 13.0. The molecular formula is C28H38N4O4S2. The number of piperidine rings is 1. The number of thiazole rings is 1. The van der Waals surface area contributed by atoms with Crippen molar-refractivity contribution >= 4 is 42.6 Å². The average molecular weight is 559 g/mol. The third-order valence-electron chi connectivity index (χ3n) is 6.95. The Balaban J connectivity index is 1.64. The number of rotatable bonds is 9. The Morgan fingerprint density at radius 2 is 1.74 bits per heavy atom. The number of nitrogens with zero attached hydrogens (tertiary/aromatic N) is 4. The smallest absolute Gasteiger partial charge is 0.260 e. The molecule has 1 fully saturated rings. The van der Waals surface area contributed by atoms with Crippen LogP contribution < -0.4 is 9.64 Å². The molecule has 38 heavy (non-hydrogen) atoms. The lowest BCUT2D eigenvalue weighted by atomic mass is 9.94. The van der Waals surface area contributed by atoms with Crippen LogP contribution in [0.1, 0.15) is 42.6 Å². The minimum Gasteiger partial charge on any atom is -0.494 e. The number of anilines is 1. The molecule has 1 aliphatic rings. The molecule has 2 unspecified atom stereocenters. The van der Waals surface area contributed by atoms with Crippen LogP contribution in [0, 0.1) is 18.8 Å². The molecule has 1 aliphatic heterocycles. The van der Waals surface area contributed by atoms with Gasteiger partial charge in [0.2, 0.25) is 10.0 Å². The molecule has 2 aromatic carbocycles. The Morgan fingerprint density at radius 3 is 2.34 bits per heavy atom. The van der Waals surface area contributed by atoms with Crippen molar-refractivity contribution in [2.75, 3.05) is 52.3 Å². The fourth-order valence-corrected chi connectivity index (χ4v) is 7.84. The highest BCUT2D eigenvalue weighted by Gasteiger charge is 2.32. The molecule has 1 aromatic heterocycles. The maximum absolute atomic E-state index is 13.8. The maximum atomic E-state index is 13.8. The van der Waals surface area contributed by atoms with E-state index in [2.05, 4.69) is 18.7 Å². The summed E-state index contributed by atoms with van der Waals surface area (Å²) in [6.45, 7) is 8.54. The summed E-state index contributed by atoms with van der Waals surface area (Å²) < 4.78 is 34.7. The van der Waals surface area contributed by atoms with Crippen LogP contribution in [0.3, 0.4) is 0 Å². The Morgan fingerprint density at radius 1 is 1.08 bits per heavy atom. The highest BCUT2D eigenvalue weighted by molar-refractivity contribution is 7.89. The Bertz CT molecular complexity index is 1380. The zero-order valence-corrected chi connectivity index (χ0v) is 24.7. The van der Waals surface area contributed by atoms with E-state index in [1.807, 2.05) is 33.2 Å². The van der Waals surface area contributed by atoms with Crippen LogP contribution in [0.2, 0.25) is 0 Å². The first-order chi connectivity index (χ1) is 18.0. The van der Waals surface area contributed by atoms with E-state index in [1.54, 1.807) is 40.6 Å². The predicted octanol–water partition coefficient (Wildman–Crippen LogP) is 4.88. The van der Waals surface area contributed by atoms with E-state index in [9.17, 15) is 13.2 Å². The molecule has 0 spiro atoms. The molecule has 2 atom stereocenters. The number of fused-ring (bicyclic) bond motifs is 1. The van der Waals surface area contributed by atoms with Gasteiger partial charge in [0, 0.05) is 25.2 Å².